The number of carboxylic acids is 1. The maximum atomic E-state index is 11.3. The molecule has 0 spiro atoms. The highest BCUT2D eigenvalue weighted by atomic mass is 16.8. The van der Waals surface area contributed by atoms with Crippen LogP contribution in [0.2, 0.25) is 0 Å². The Labute approximate surface area is 115 Å². The molecule has 2 rings (SSSR count). The molecule has 20 heavy (non-hydrogen) atoms. The van der Waals surface area contributed by atoms with Crippen molar-refractivity contribution in [2.75, 3.05) is 5.23 Å². The SMILES string of the molecule is O=C([O-])/C(=C/c1ccccc1N(O)O)c1ccccc1. The molecule has 2 aromatic carbocycles. The fourth-order valence-corrected chi connectivity index (χ4v) is 1.83. The molecule has 0 amide bonds. The maximum absolute atomic E-state index is 11.3. The number of carbonyl (C=O) groups is 1. The van der Waals surface area contributed by atoms with E-state index in [1.165, 1.54) is 12.1 Å². The van der Waals surface area contributed by atoms with Gasteiger partial charge in [0.15, 0.2) is 0 Å². The summed E-state index contributed by atoms with van der Waals surface area (Å²) < 4.78 is 0. The van der Waals surface area contributed by atoms with Crippen molar-refractivity contribution in [2.24, 2.45) is 0 Å². The van der Waals surface area contributed by atoms with E-state index in [9.17, 15) is 9.90 Å². The van der Waals surface area contributed by atoms with Crippen molar-refractivity contribution in [1.82, 2.24) is 0 Å². The number of anilines is 1. The van der Waals surface area contributed by atoms with E-state index < -0.39 is 5.97 Å². The normalized spacial score (nSPS) is 11.2. The minimum atomic E-state index is -1.34. The molecule has 0 radical (unpaired) electrons. The smallest absolute Gasteiger partial charge is 0.101 e. The van der Waals surface area contributed by atoms with Gasteiger partial charge in [0.25, 0.3) is 0 Å². The minimum absolute atomic E-state index is 0.0418. The number of aliphatic carboxylic acids is 1. The molecule has 0 saturated carbocycles. The summed E-state index contributed by atoms with van der Waals surface area (Å²) in [5.74, 6) is -1.34. The fourth-order valence-electron chi connectivity index (χ4n) is 1.83. The molecule has 0 aliphatic heterocycles. The number of nitrogens with zero attached hydrogens (tertiary/aromatic N) is 1. The first-order chi connectivity index (χ1) is 9.59. The summed E-state index contributed by atoms with van der Waals surface area (Å²) in [5, 5.41) is 29.5. The van der Waals surface area contributed by atoms with E-state index in [1.807, 2.05) is 0 Å². The summed E-state index contributed by atoms with van der Waals surface area (Å²) in [4.78, 5) is 11.3. The molecule has 5 nitrogen and oxygen atoms in total. The number of carbonyl (C=O) groups excluding carboxylic acids is 1. The second-order valence-corrected chi connectivity index (χ2v) is 4.06. The Balaban J connectivity index is 2.53. The second-order valence-electron chi connectivity index (χ2n) is 4.06. The Hall–Kier alpha value is -2.63. The van der Waals surface area contributed by atoms with Crippen molar-refractivity contribution >= 4 is 23.3 Å². The van der Waals surface area contributed by atoms with Gasteiger partial charge in [-0.1, -0.05) is 48.5 Å². The van der Waals surface area contributed by atoms with Crippen LogP contribution < -0.4 is 10.3 Å². The zero-order valence-corrected chi connectivity index (χ0v) is 10.4. The van der Waals surface area contributed by atoms with Gasteiger partial charge < -0.3 is 9.90 Å². The van der Waals surface area contributed by atoms with Gasteiger partial charge >= 0.3 is 0 Å². The number of carboxylic acid groups (broad SMARTS) is 1. The molecule has 2 aromatic rings. The van der Waals surface area contributed by atoms with Crippen LogP contribution in [0.15, 0.2) is 54.6 Å². The summed E-state index contributed by atoms with van der Waals surface area (Å²) in [6.45, 7) is 0. The van der Waals surface area contributed by atoms with Crippen LogP contribution in [0, 0.1) is 0 Å². The van der Waals surface area contributed by atoms with Gasteiger partial charge in [-0.25, -0.2) is 0 Å². The lowest BCUT2D eigenvalue weighted by Gasteiger charge is -2.13. The molecule has 2 N–H and O–H groups in total. The third-order valence-corrected chi connectivity index (χ3v) is 2.76. The van der Waals surface area contributed by atoms with Crippen LogP contribution in [0.25, 0.3) is 11.6 Å². The quantitative estimate of drug-likeness (QED) is 0.500. The molecule has 102 valence electrons. The van der Waals surface area contributed by atoms with Crippen LogP contribution in [0.5, 0.6) is 0 Å². The zero-order valence-electron chi connectivity index (χ0n) is 10.4. The minimum Gasteiger partial charge on any atom is -0.545 e. The number of hydrogen-bond acceptors (Lipinski definition) is 5. The summed E-state index contributed by atoms with van der Waals surface area (Å²) in [6.07, 6.45) is 1.33. The zero-order chi connectivity index (χ0) is 14.5. The summed E-state index contributed by atoms with van der Waals surface area (Å²) in [5.41, 5.74) is 0.854. The predicted octanol–water partition coefficient (Wildman–Crippen LogP) is 1.56. The van der Waals surface area contributed by atoms with Crippen molar-refractivity contribution in [3.8, 4) is 0 Å². The van der Waals surface area contributed by atoms with Gasteiger partial charge in [-0.3, -0.25) is 10.4 Å². The molecule has 0 aliphatic carbocycles. The van der Waals surface area contributed by atoms with Gasteiger partial charge in [0.05, 0.1) is 5.97 Å². The van der Waals surface area contributed by atoms with E-state index in [0.717, 1.165) is 0 Å². The van der Waals surface area contributed by atoms with Crippen molar-refractivity contribution in [1.29, 1.82) is 0 Å². The summed E-state index contributed by atoms with van der Waals surface area (Å²) >= 11 is 0. The highest BCUT2D eigenvalue weighted by Gasteiger charge is 2.08. The average molecular weight is 270 g/mol. The third-order valence-electron chi connectivity index (χ3n) is 2.76. The predicted molar refractivity (Wildman–Crippen MR) is 71.8 cm³/mol. The van der Waals surface area contributed by atoms with Crippen LogP contribution in [-0.4, -0.2) is 16.4 Å². The Morgan fingerprint density at radius 3 is 2.20 bits per heavy atom. The van der Waals surface area contributed by atoms with Crippen molar-refractivity contribution in [2.45, 2.75) is 0 Å². The van der Waals surface area contributed by atoms with Crippen LogP contribution in [0.4, 0.5) is 5.69 Å². The molecule has 0 aliphatic rings. The van der Waals surface area contributed by atoms with E-state index in [1.54, 1.807) is 48.5 Å². The third kappa shape index (κ3) is 3.03. The van der Waals surface area contributed by atoms with Gasteiger partial charge in [0.2, 0.25) is 0 Å². The lowest BCUT2D eigenvalue weighted by atomic mass is 10.0. The monoisotopic (exact) mass is 270 g/mol. The molecule has 0 atom stereocenters. The number of hydrogen-bond donors (Lipinski definition) is 2. The lowest BCUT2D eigenvalue weighted by Crippen LogP contribution is -2.23. The topological polar surface area (TPSA) is 83.8 Å². The molecule has 0 bridgehead atoms. The lowest BCUT2D eigenvalue weighted by molar-refractivity contribution is -0.295. The molecule has 5 heteroatoms. The van der Waals surface area contributed by atoms with E-state index in [0.29, 0.717) is 11.1 Å². The number of para-hydroxylation sites is 1. The van der Waals surface area contributed by atoms with Crippen LogP contribution in [-0.2, 0) is 4.79 Å². The molecule has 0 saturated heterocycles. The molecule has 0 unspecified atom stereocenters. The highest BCUT2D eigenvalue weighted by Crippen LogP contribution is 2.24. The van der Waals surface area contributed by atoms with Gasteiger partial charge in [0.1, 0.15) is 5.69 Å². The van der Waals surface area contributed by atoms with E-state index in [2.05, 4.69) is 0 Å². The summed E-state index contributed by atoms with van der Waals surface area (Å²) in [6, 6.07) is 14.8. The second kappa shape index (κ2) is 6.01. The Morgan fingerprint density at radius 1 is 1.00 bits per heavy atom. The fraction of sp³-hybridized carbons (Fsp3) is 0. The molecule has 0 fully saturated rings. The molecule has 0 aromatic heterocycles. The first-order valence-corrected chi connectivity index (χ1v) is 5.85. The number of rotatable bonds is 4. The van der Waals surface area contributed by atoms with Crippen molar-refractivity contribution in [3.05, 3.63) is 65.7 Å². The van der Waals surface area contributed by atoms with E-state index in [-0.39, 0.29) is 16.5 Å². The van der Waals surface area contributed by atoms with Gasteiger partial charge in [-0.05, 0) is 17.7 Å². The average Bonchev–Trinajstić information content (AvgIpc) is 2.45. The Kier molecular flexibility index (Phi) is 4.14. The van der Waals surface area contributed by atoms with Crippen LogP contribution in [0.3, 0.4) is 0 Å². The molecular weight excluding hydrogens is 258 g/mol. The van der Waals surface area contributed by atoms with Gasteiger partial charge in [-0.2, -0.15) is 0 Å². The van der Waals surface area contributed by atoms with Gasteiger partial charge in [-0.15, -0.1) is 5.23 Å². The van der Waals surface area contributed by atoms with Gasteiger partial charge in [0, 0.05) is 11.1 Å². The largest absolute Gasteiger partial charge is 0.545 e. The molecular formula is C15H12NO4-. The Morgan fingerprint density at radius 2 is 1.60 bits per heavy atom. The highest BCUT2D eigenvalue weighted by molar-refractivity contribution is 6.20. The van der Waals surface area contributed by atoms with Crippen LogP contribution >= 0.6 is 0 Å². The van der Waals surface area contributed by atoms with Crippen molar-refractivity contribution in [3.63, 3.8) is 0 Å². The van der Waals surface area contributed by atoms with E-state index >= 15 is 0 Å². The van der Waals surface area contributed by atoms with Crippen LogP contribution in [0.1, 0.15) is 11.1 Å². The standard InChI is InChI=1S/C15H13NO4/c17-15(18)13(11-6-2-1-3-7-11)10-12-8-4-5-9-14(12)16(19)20/h1-10,19-20H,(H,17,18)/p-1/b13-10+. The number of benzene rings is 2. The first-order valence-electron chi connectivity index (χ1n) is 5.85. The molecule has 0 heterocycles. The van der Waals surface area contributed by atoms with Crippen molar-refractivity contribution < 1.29 is 20.3 Å². The van der Waals surface area contributed by atoms with E-state index in [4.69, 9.17) is 10.4 Å². The maximum Gasteiger partial charge on any atom is 0.101 e. The Bertz CT molecular complexity index is 635. The first kappa shape index (κ1) is 13.8. The summed E-state index contributed by atoms with van der Waals surface area (Å²) in [7, 11) is 0.